The zero-order chi connectivity index (χ0) is 6.97. The van der Waals surface area contributed by atoms with E-state index in [0.29, 0.717) is 0 Å². The van der Waals surface area contributed by atoms with Gasteiger partial charge in [0.25, 0.3) is 0 Å². The molecule has 0 unspecified atom stereocenters. The van der Waals surface area contributed by atoms with Crippen LogP contribution in [-0.2, 0) is 0 Å². The highest BCUT2D eigenvalue weighted by atomic mass is 35.5. The van der Waals surface area contributed by atoms with Crippen molar-refractivity contribution >= 4 is 22.5 Å². The standard InChI is InChI=1S/C8H5ClN/c9-7-3-1-2-6-4-5-10-8(6)7/h1,3-5,10H. The Balaban J connectivity index is 2.95. The molecule has 1 aromatic carbocycles. The molecule has 0 aliphatic heterocycles. The Morgan fingerprint density at radius 1 is 1.40 bits per heavy atom. The van der Waals surface area contributed by atoms with Crippen LogP contribution in [0.2, 0.25) is 5.02 Å². The van der Waals surface area contributed by atoms with E-state index in [-0.39, 0.29) is 0 Å². The van der Waals surface area contributed by atoms with Gasteiger partial charge in [0.2, 0.25) is 0 Å². The molecule has 0 spiro atoms. The van der Waals surface area contributed by atoms with Crippen molar-refractivity contribution in [2.75, 3.05) is 0 Å². The van der Waals surface area contributed by atoms with Gasteiger partial charge in [-0.3, -0.25) is 0 Å². The lowest BCUT2D eigenvalue weighted by Gasteiger charge is -1.89. The van der Waals surface area contributed by atoms with Crippen molar-refractivity contribution in [1.82, 2.24) is 4.98 Å². The molecule has 1 heterocycles. The van der Waals surface area contributed by atoms with Gasteiger partial charge in [0.15, 0.2) is 0 Å². The molecule has 2 aromatic rings. The molecule has 0 aliphatic carbocycles. The van der Waals surface area contributed by atoms with Crippen LogP contribution < -0.4 is 0 Å². The van der Waals surface area contributed by atoms with Crippen LogP contribution in [0.15, 0.2) is 24.4 Å². The number of fused-ring (bicyclic) bond motifs is 1. The van der Waals surface area contributed by atoms with E-state index in [2.05, 4.69) is 11.1 Å². The minimum Gasteiger partial charge on any atom is -0.360 e. The third-order valence-electron chi connectivity index (χ3n) is 1.45. The predicted octanol–water partition coefficient (Wildman–Crippen LogP) is 2.62. The number of H-pyrrole nitrogens is 1. The molecule has 0 amide bonds. The summed E-state index contributed by atoms with van der Waals surface area (Å²) in [4.78, 5) is 3.02. The van der Waals surface area contributed by atoms with Gasteiger partial charge in [-0.1, -0.05) is 17.7 Å². The maximum atomic E-state index is 5.85. The van der Waals surface area contributed by atoms with E-state index in [1.54, 1.807) is 0 Å². The van der Waals surface area contributed by atoms with Gasteiger partial charge in [0.1, 0.15) is 0 Å². The van der Waals surface area contributed by atoms with Gasteiger partial charge in [-0.15, -0.1) is 0 Å². The molecular formula is C8H5ClN. The fourth-order valence-corrected chi connectivity index (χ4v) is 1.19. The molecule has 2 heteroatoms. The van der Waals surface area contributed by atoms with Crippen LogP contribution in [-0.4, -0.2) is 4.98 Å². The summed E-state index contributed by atoms with van der Waals surface area (Å²) in [6.45, 7) is 0. The first-order valence-corrected chi connectivity index (χ1v) is 3.39. The van der Waals surface area contributed by atoms with Crippen molar-refractivity contribution < 1.29 is 0 Å². The Morgan fingerprint density at radius 2 is 2.30 bits per heavy atom. The van der Waals surface area contributed by atoms with E-state index in [1.807, 2.05) is 24.4 Å². The van der Waals surface area contributed by atoms with E-state index in [1.165, 1.54) is 0 Å². The van der Waals surface area contributed by atoms with Gasteiger partial charge in [-0.05, 0) is 18.2 Å². The number of hydrogen-bond donors (Lipinski definition) is 1. The van der Waals surface area contributed by atoms with Crippen molar-refractivity contribution in [1.29, 1.82) is 0 Å². The van der Waals surface area contributed by atoms with E-state index >= 15 is 0 Å². The Labute approximate surface area is 63.6 Å². The molecule has 0 fully saturated rings. The second kappa shape index (κ2) is 2.03. The quantitative estimate of drug-likeness (QED) is 0.594. The predicted molar refractivity (Wildman–Crippen MR) is 42.1 cm³/mol. The minimum atomic E-state index is 0.749. The van der Waals surface area contributed by atoms with Crippen LogP contribution in [0.1, 0.15) is 0 Å². The summed E-state index contributed by atoms with van der Waals surface area (Å²) >= 11 is 5.85. The van der Waals surface area contributed by atoms with Crippen LogP contribution in [0.5, 0.6) is 0 Å². The Hall–Kier alpha value is -0.950. The zero-order valence-electron chi connectivity index (χ0n) is 5.19. The summed E-state index contributed by atoms with van der Waals surface area (Å²) in [6, 6.07) is 8.64. The second-order valence-corrected chi connectivity index (χ2v) is 2.50. The maximum absolute atomic E-state index is 5.85. The van der Waals surface area contributed by atoms with Gasteiger partial charge in [-0.25, -0.2) is 0 Å². The van der Waals surface area contributed by atoms with Crippen molar-refractivity contribution in [3.63, 3.8) is 0 Å². The summed E-state index contributed by atoms with van der Waals surface area (Å²) in [6.07, 6.45) is 1.85. The Bertz CT molecular complexity index is 351. The van der Waals surface area contributed by atoms with Gasteiger partial charge in [0, 0.05) is 11.6 Å². The van der Waals surface area contributed by atoms with Gasteiger partial charge in [0.05, 0.1) is 10.5 Å². The summed E-state index contributed by atoms with van der Waals surface area (Å²) in [7, 11) is 0. The SMILES string of the molecule is Clc1cc[c]c2cc[nH]c12. The monoisotopic (exact) mass is 150 g/mol. The van der Waals surface area contributed by atoms with Crippen LogP contribution >= 0.6 is 11.6 Å². The minimum absolute atomic E-state index is 0.749. The third kappa shape index (κ3) is 0.711. The largest absolute Gasteiger partial charge is 0.360 e. The highest BCUT2D eigenvalue weighted by molar-refractivity contribution is 6.35. The lowest BCUT2D eigenvalue weighted by Crippen LogP contribution is -1.67. The lowest BCUT2D eigenvalue weighted by atomic mass is 10.2. The number of rotatable bonds is 0. The van der Waals surface area contributed by atoms with Gasteiger partial charge < -0.3 is 4.98 Å². The van der Waals surface area contributed by atoms with Crippen LogP contribution in [0.4, 0.5) is 0 Å². The number of aromatic nitrogens is 1. The van der Waals surface area contributed by atoms with Gasteiger partial charge >= 0.3 is 0 Å². The second-order valence-electron chi connectivity index (χ2n) is 2.09. The fourth-order valence-electron chi connectivity index (χ4n) is 0.975. The van der Waals surface area contributed by atoms with Crippen molar-refractivity contribution in [3.8, 4) is 0 Å². The molecule has 49 valence electrons. The lowest BCUT2D eigenvalue weighted by molar-refractivity contribution is 1.48. The number of benzene rings is 1. The number of aromatic amines is 1. The third-order valence-corrected chi connectivity index (χ3v) is 1.77. The van der Waals surface area contributed by atoms with Crippen LogP contribution in [0.25, 0.3) is 10.9 Å². The molecule has 1 radical (unpaired) electrons. The molecule has 0 saturated heterocycles. The Kier molecular flexibility index (Phi) is 1.18. The number of nitrogens with one attached hydrogen (secondary N) is 1. The molecule has 1 aromatic heterocycles. The molecule has 0 aliphatic rings. The van der Waals surface area contributed by atoms with Crippen molar-refractivity contribution in [2.45, 2.75) is 0 Å². The first kappa shape index (κ1) is 5.81. The average Bonchev–Trinajstić information content (AvgIpc) is 2.36. The topological polar surface area (TPSA) is 15.8 Å². The van der Waals surface area contributed by atoms with Crippen LogP contribution in [0, 0.1) is 6.07 Å². The average molecular weight is 151 g/mol. The summed E-state index contributed by atoms with van der Waals surface area (Å²) < 4.78 is 0. The van der Waals surface area contributed by atoms with Gasteiger partial charge in [-0.2, -0.15) is 0 Å². The summed E-state index contributed by atoms with van der Waals surface area (Å²) in [5, 5.41) is 1.78. The normalized spacial score (nSPS) is 10.5. The molecule has 2 rings (SSSR count). The smallest absolute Gasteiger partial charge is 0.0649 e. The first-order chi connectivity index (χ1) is 4.88. The van der Waals surface area contributed by atoms with E-state index in [9.17, 15) is 0 Å². The maximum Gasteiger partial charge on any atom is 0.0649 e. The van der Waals surface area contributed by atoms with Crippen molar-refractivity contribution in [3.05, 3.63) is 35.5 Å². The molecule has 0 saturated carbocycles. The highest BCUT2D eigenvalue weighted by Crippen LogP contribution is 2.20. The molecule has 10 heavy (non-hydrogen) atoms. The fraction of sp³-hybridized carbons (Fsp3) is 0. The number of hydrogen-bond acceptors (Lipinski definition) is 0. The van der Waals surface area contributed by atoms with E-state index in [0.717, 1.165) is 15.9 Å². The Morgan fingerprint density at radius 3 is 3.10 bits per heavy atom. The first-order valence-electron chi connectivity index (χ1n) is 3.01. The molecular weight excluding hydrogens is 146 g/mol. The molecule has 1 N–H and O–H groups in total. The van der Waals surface area contributed by atoms with Crippen LogP contribution in [0.3, 0.4) is 0 Å². The zero-order valence-corrected chi connectivity index (χ0v) is 5.94. The molecule has 0 atom stereocenters. The van der Waals surface area contributed by atoms with E-state index < -0.39 is 0 Å². The van der Waals surface area contributed by atoms with Crippen molar-refractivity contribution in [2.24, 2.45) is 0 Å². The molecule has 1 nitrogen and oxygen atoms in total. The number of halogens is 1. The summed E-state index contributed by atoms with van der Waals surface area (Å²) in [5.41, 5.74) is 0.962. The highest BCUT2D eigenvalue weighted by Gasteiger charge is 1.96. The molecule has 0 bridgehead atoms. The van der Waals surface area contributed by atoms with E-state index in [4.69, 9.17) is 11.6 Å². The summed E-state index contributed by atoms with van der Waals surface area (Å²) in [5.74, 6) is 0.